The van der Waals surface area contributed by atoms with E-state index in [1.807, 2.05) is 0 Å². The normalized spacial score (nSPS) is 12.5. The van der Waals surface area contributed by atoms with Crippen LogP contribution in [0.5, 0.6) is 0 Å². The van der Waals surface area contributed by atoms with Gasteiger partial charge in [0.2, 0.25) is 0 Å². The highest BCUT2D eigenvalue weighted by Gasteiger charge is 2.23. The van der Waals surface area contributed by atoms with E-state index in [1.54, 1.807) is 6.07 Å². The smallest absolute Gasteiger partial charge is 0.339 e. The van der Waals surface area contributed by atoms with Crippen LogP contribution in [0.2, 0.25) is 0 Å². The molecule has 0 fully saturated rings. The fourth-order valence-corrected chi connectivity index (χ4v) is 3.74. The van der Waals surface area contributed by atoms with Crippen LogP contribution in [-0.4, -0.2) is 100 Å². The average molecular weight is 713 g/mol. The Bertz CT molecular complexity index is 1660. The van der Waals surface area contributed by atoms with Gasteiger partial charge in [-0.05, 0) is 45.0 Å². The molecule has 0 saturated heterocycles. The van der Waals surface area contributed by atoms with Gasteiger partial charge in [0, 0.05) is 24.3 Å². The fourth-order valence-electron chi connectivity index (χ4n) is 3.74. The Morgan fingerprint density at radius 3 is 1.24 bits per heavy atom. The largest absolute Gasteiger partial charge is 0.466 e. The Kier molecular flexibility index (Phi) is 16.8. The van der Waals surface area contributed by atoms with E-state index in [9.17, 15) is 38.4 Å². The Morgan fingerprint density at radius 2 is 0.804 bits per heavy atom. The number of carbonyl (C=O) groups excluding carboxylic acids is 8. The van der Waals surface area contributed by atoms with E-state index in [0.717, 1.165) is 31.4 Å². The molecule has 2 aromatic carbocycles. The second-order valence-electron chi connectivity index (χ2n) is 10.3. The van der Waals surface area contributed by atoms with E-state index in [2.05, 4.69) is 9.47 Å². The van der Waals surface area contributed by atoms with Gasteiger partial charge < -0.3 is 37.9 Å². The molecule has 0 aliphatic carbocycles. The first-order chi connectivity index (χ1) is 24.2. The molecule has 0 aliphatic heterocycles. The summed E-state index contributed by atoms with van der Waals surface area (Å²) in [6, 6.07) is 11.4. The van der Waals surface area contributed by atoms with Crippen molar-refractivity contribution in [3.05, 3.63) is 95.1 Å². The quantitative estimate of drug-likeness (QED) is 0.131. The lowest BCUT2D eigenvalue weighted by Gasteiger charge is -2.15. The van der Waals surface area contributed by atoms with Gasteiger partial charge >= 0.3 is 47.8 Å². The standard InChI is InChI=1S/C35H36O16/c1-21(49-30(38)16-14-28(36)44-4)20-48-34(42)26-12-8-9-13-27(26)35(43)51-23(3)18-46-29(37)15-17-31(39)50-22(2)19-47-33(41)25-11-7-6-10-24(25)32(40)45-5/h6-17,21-23H,18-20H2,1-5H3/b16-14-,17-15-. The van der Waals surface area contributed by atoms with Gasteiger partial charge in [-0.15, -0.1) is 0 Å². The van der Waals surface area contributed by atoms with E-state index < -0.39 is 72.7 Å². The van der Waals surface area contributed by atoms with Crippen LogP contribution in [0.15, 0.2) is 72.8 Å². The Balaban J connectivity index is 1.80. The SMILES string of the molecule is COC(=O)/C=C\C(=O)OC(C)COC(=O)c1ccccc1C(=O)OC(C)COC(=O)/C=C\C(=O)OC(C)COC(=O)c1ccccc1C(=O)OC. The third-order valence-electron chi connectivity index (χ3n) is 6.13. The average Bonchev–Trinajstić information content (AvgIpc) is 3.12. The molecule has 0 radical (unpaired) electrons. The Morgan fingerprint density at radius 1 is 0.451 bits per heavy atom. The van der Waals surface area contributed by atoms with Crippen molar-refractivity contribution >= 4 is 47.8 Å². The van der Waals surface area contributed by atoms with Crippen LogP contribution >= 0.6 is 0 Å². The molecule has 0 amide bonds. The number of methoxy groups -OCH3 is 2. The fraction of sp³-hybridized carbons (Fsp3) is 0.314. The molecule has 272 valence electrons. The molecule has 2 aromatic rings. The highest BCUT2D eigenvalue weighted by Crippen LogP contribution is 2.15. The van der Waals surface area contributed by atoms with Crippen LogP contribution in [0, 0.1) is 0 Å². The summed E-state index contributed by atoms with van der Waals surface area (Å²) in [5.41, 5.74) is -0.329. The number of esters is 8. The molecular formula is C35H36O16. The molecule has 2 rings (SSSR count). The molecule has 0 heterocycles. The van der Waals surface area contributed by atoms with Crippen molar-refractivity contribution in [1.29, 1.82) is 0 Å². The minimum atomic E-state index is -0.984. The van der Waals surface area contributed by atoms with Crippen LogP contribution in [0.3, 0.4) is 0 Å². The molecule has 16 heteroatoms. The second-order valence-corrected chi connectivity index (χ2v) is 10.3. The maximum Gasteiger partial charge on any atom is 0.339 e. The lowest BCUT2D eigenvalue weighted by molar-refractivity contribution is -0.145. The van der Waals surface area contributed by atoms with Crippen LogP contribution in [-0.2, 0) is 57.1 Å². The zero-order valence-corrected chi connectivity index (χ0v) is 28.3. The van der Waals surface area contributed by atoms with Crippen molar-refractivity contribution < 1.29 is 76.3 Å². The number of hydrogen-bond acceptors (Lipinski definition) is 16. The first-order valence-electron chi connectivity index (χ1n) is 15.1. The van der Waals surface area contributed by atoms with Crippen molar-refractivity contribution in [2.75, 3.05) is 34.0 Å². The topological polar surface area (TPSA) is 210 Å². The van der Waals surface area contributed by atoms with Crippen LogP contribution < -0.4 is 0 Å². The first kappa shape index (κ1) is 40.9. The molecular weight excluding hydrogens is 676 g/mol. The number of ether oxygens (including phenoxy) is 8. The highest BCUT2D eigenvalue weighted by atomic mass is 16.6. The predicted molar refractivity (Wildman–Crippen MR) is 172 cm³/mol. The molecule has 0 aromatic heterocycles. The molecule has 0 spiro atoms. The lowest BCUT2D eigenvalue weighted by atomic mass is 10.1. The molecule has 16 nitrogen and oxygen atoms in total. The molecule has 3 atom stereocenters. The highest BCUT2D eigenvalue weighted by molar-refractivity contribution is 6.04. The molecule has 0 saturated carbocycles. The lowest BCUT2D eigenvalue weighted by Crippen LogP contribution is -2.25. The van der Waals surface area contributed by atoms with E-state index in [4.69, 9.17) is 28.4 Å². The summed E-state index contributed by atoms with van der Waals surface area (Å²) in [5, 5.41) is 0. The zero-order chi connectivity index (χ0) is 37.9. The Hall–Kier alpha value is -6.32. The predicted octanol–water partition coefficient (Wildman–Crippen LogP) is 2.72. The van der Waals surface area contributed by atoms with Crippen LogP contribution in [0.4, 0.5) is 0 Å². The van der Waals surface area contributed by atoms with Crippen molar-refractivity contribution in [2.45, 2.75) is 39.1 Å². The summed E-state index contributed by atoms with van der Waals surface area (Å²) < 4.78 is 39.6. The third kappa shape index (κ3) is 14.4. The van der Waals surface area contributed by atoms with Gasteiger partial charge in [0.1, 0.15) is 38.1 Å². The molecule has 51 heavy (non-hydrogen) atoms. The van der Waals surface area contributed by atoms with Crippen LogP contribution in [0.25, 0.3) is 0 Å². The van der Waals surface area contributed by atoms with Crippen molar-refractivity contribution in [1.82, 2.24) is 0 Å². The summed E-state index contributed by atoms with van der Waals surface area (Å²) in [7, 11) is 2.31. The van der Waals surface area contributed by atoms with E-state index in [0.29, 0.717) is 0 Å². The minimum Gasteiger partial charge on any atom is -0.466 e. The molecule has 0 bridgehead atoms. The van der Waals surface area contributed by atoms with E-state index in [1.165, 1.54) is 70.3 Å². The van der Waals surface area contributed by atoms with Gasteiger partial charge in [-0.2, -0.15) is 0 Å². The third-order valence-corrected chi connectivity index (χ3v) is 6.13. The van der Waals surface area contributed by atoms with Crippen LogP contribution in [0.1, 0.15) is 62.2 Å². The summed E-state index contributed by atoms with van der Waals surface area (Å²) in [6.45, 7) is 3.16. The van der Waals surface area contributed by atoms with Gasteiger partial charge in [0.15, 0.2) is 0 Å². The number of benzene rings is 2. The Labute approximate surface area is 292 Å². The monoisotopic (exact) mass is 712 g/mol. The molecule has 0 N–H and O–H groups in total. The maximum absolute atomic E-state index is 12.8. The molecule has 3 unspecified atom stereocenters. The van der Waals surface area contributed by atoms with Gasteiger partial charge in [0.05, 0.1) is 36.5 Å². The number of rotatable bonds is 17. The maximum atomic E-state index is 12.8. The van der Waals surface area contributed by atoms with Gasteiger partial charge in [0.25, 0.3) is 0 Å². The summed E-state index contributed by atoms with van der Waals surface area (Å²) >= 11 is 0. The number of carbonyl (C=O) groups is 8. The van der Waals surface area contributed by atoms with Crippen molar-refractivity contribution in [3.63, 3.8) is 0 Å². The summed E-state index contributed by atoms with van der Waals surface area (Å²) in [6.07, 6.45) is 0.473. The van der Waals surface area contributed by atoms with E-state index >= 15 is 0 Å². The summed E-state index contributed by atoms with van der Waals surface area (Å²) in [5.74, 6) is -6.95. The van der Waals surface area contributed by atoms with Gasteiger partial charge in [-0.1, -0.05) is 24.3 Å². The van der Waals surface area contributed by atoms with Gasteiger partial charge in [-0.3, -0.25) is 0 Å². The molecule has 0 aliphatic rings. The van der Waals surface area contributed by atoms with Crippen molar-refractivity contribution in [2.24, 2.45) is 0 Å². The first-order valence-corrected chi connectivity index (χ1v) is 15.1. The van der Waals surface area contributed by atoms with Crippen molar-refractivity contribution in [3.8, 4) is 0 Å². The second kappa shape index (κ2) is 20.9. The van der Waals surface area contributed by atoms with E-state index in [-0.39, 0.29) is 35.5 Å². The van der Waals surface area contributed by atoms with Gasteiger partial charge in [-0.25, -0.2) is 38.4 Å². The zero-order valence-electron chi connectivity index (χ0n) is 28.3. The number of hydrogen-bond donors (Lipinski definition) is 0. The summed E-state index contributed by atoms with van der Waals surface area (Å²) in [4.78, 5) is 96.8. The minimum absolute atomic E-state index is 0.00288.